The van der Waals surface area contributed by atoms with E-state index in [4.69, 9.17) is 15.0 Å². The number of imidazole rings is 1. The van der Waals surface area contributed by atoms with Crippen molar-refractivity contribution in [1.82, 2.24) is 19.4 Å². The fourth-order valence-electron chi connectivity index (χ4n) is 5.75. The van der Waals surface area contributed by atoms with Crippen molar-refractivity contribution >= 4 is 22.9 Å². The van der Waals surface area contributed by atoms with Crippen LogP contribution in [0.3, 0.4) is 0 Å². The molecule has 48 heavy (non-hydrogen) atoms. The Labute approximate surface area is 276 Å². The number of benzene rings is 3. The van der Waals surface area contributed by atoms with E-state index in [-0.39, 0.29) is 47.5 Å². The number of hydrogen-bond donors (Lipinski definition) is 1. The first-order valence-electron chi connectivity index (χ1n) is 15.5. The third-order valence-corrected chi connectivity index (χ3v) is 8.49. The molecule has 1 aliphatic rings. The van der Waals surface area contributed by atoms with Crippen molar-refractivity contribution in [3.63, 3.8) is 0 Å². The first-order chi connectivity index (χ1) is 22.9. The molecule has 3 heterocycles. The summed E-state index contributed by atoms with van der Waals surface area (Å²) in [7, 11) is 0. The van der Waals surface area contributed by atoms with Crippen LogP contribution in [0, 0.1) is 28.4 Å². The topological polar surface area (TPSA) is 121 Å². The summed E-state index contributed by atoms with van der Waals surface area (Å²) < 4.78 is 37.6. The van der Waals surface area contributed by atoms with Crippen LogP contribution >= 0.6 is 0 Å². The van der Waals surface area contributed by atoms with E-state index in [9.17, 15) is 19.1 Å². The lowest BCUT2D eigenvalue weighted by Crippen LogP contribution is -2.56. The molecule has 1 aliphatic heterocycles. The van der Waals surface area contributed by atoms with Gasteiger partial charge >= 0.3 is 5.97 Å². The van der Waals surface area contributed by atoms with Crippen LogP contribution < -0.4 is 4.74 Å². The van der Waals surface area contributed by atoms with Crippen molar-refractivity contribution < 1.29 is 28.2 Å². The molecule has 0 aliphatic carbocycles. The van der Waals surface area contributed by atoms with E-state index in [1.54, 1.807) is 42.5 Å². The summed E-state index contributed by atoms with van der Waals surface area (Å²) in [4.78, 5) is 35.9. The molecular formula is C37H33F2N5O4. The lowest BCUT2D eigenvalue weighted by molar-refractivity contribution is -0.148. The van der Waals surface area contributed by atoms with Gasteiger partial charge in [-0.25, -0.2) is 23.5 Å². The molecule has 1 N–H and O–H groups in total. The molecule has 0 saturated carbocycles. The molecular weight excluding hydrogens is 616 g/mol. The largest absolute Gasteiger partial charge is 0.478 e. The van der Waals surface area contributed by atoms with Crippen LogP contribution in [0.15, 0.2) is 72.8 Å². The third-order valence-electron chi connectivity index (χ3n) is 8.49. The second-order valence-electron chi connectivity index (χ2n) is 12.9. The summed E-state index contributed by atoms with van der Waals surface area (Å²) in [5.74, 6) is -1.27. The summed E-state index contributed by atoms with van der Waals surface area (Å²) in [6.07, 6.45) is 0.927. The first kappa shape index (κ1) is 32.3. The van der Waals surface area contributed by atoms with E-state index in [1.165, 1.54) is 24.3 Å². The zero-order valence-electron chi connectivity index (χ0n) is 26.7. The molecule has 0 spiro atoms. The van der Waals surface area contributed by atoms with Crippen molar-refractivity contribution in [2.24, 2.45) is 5.41 Å². The van der Waals surface area contributed by atoms with Crippen LogP contribution in [-0.2, 0) is 24.4 Å². The van der Waals surface area contributed by atoms with Crippen LogP contribution in [0.5, 0.6) is 5.88 Å². The predicted molar refractivity (Wildman–Crippen MR) is 174 cm³/mol. The van der Waals surface area contributed by atoms with Gasteiger partial charge in [-0.3, -0.25) is 4.79 Å². The number of nitrogens with zero attached hydrogens (tertiary/aromatic N) is 5. The van der Waals surface area contributed by atoms with Crippen LogP contribution in [0.4, 0.5) is 8.78 Å². The average Bonchev–Trinajstić information content (AvgIpc) is 3.38. The number of likely N-dealkylation sites (tertiary alicyclic amines) is 1. The van der Waals surface area contributed by atoms with E-state index < -0.39 is 23.0 Å². The Morgan fingerprint density at radius 3 is 2.44 bits per heavy atom. The maximum absolute atomic E-state index is 15.7. The van der Waals surface area contributed by atoms with Crippen molar-refractivity contribution in [2.75, 3.05) is 6.54 Å². The van der Waals surface area contributed by atoms with Crippen LogP contribution in [-0.4, -0.2) is 49.0 Å². The van der Waals surface area contributed by atoms with Gasteiger partial charge in [-0.2, -0.15) is 5.26 Å². The molecule has 5 aromatic rings. The number of ether oxygens (including phenoxy) is 1. The lowest BCUT2D eigenvalue weighted by Gasteiger charge is -2.44. The lowest BCUT2D eigenvalue weighted by atomic mass is 9.90. The summed E-state index contributed by atoms with van der Waals surface area (Å²) in [5.41, 5.74) is 2.61. The highest BCUT2D eigenvalue weighted by Gasteiger charge is 2.38. The van der Waals surface area contributed by atoms with Gasteiger partial charge in [0.1, 0.15) is 24.1 Å². The maximum atomic E-state index is 15.7. The molecule has 1 amide bonds. The van der Waals surface area contributed by atoms with Crippen LogP contribution in [0.1, 0.15) is 60.1 Å². The molecule has 3 aromatic carbocycles. The standard InChI is InChI=1S/C37H33F2N5O4/c1-37(2,3)36(47)43-14-13-27(43)20-44-32-17-25(35(45)46)11-12-31(32)41-33(44)18-23-9-10-24(16-29(23)39)30-5-4-6-34(42-30)48-21-26-8-7-22(19-40)15-28(26)38/h4-12,15-17,27H,13-14,18,20-21H2,1-3H3,(H,45,46). The fourth-order valence-corrected chi connectivity index (χ4v) is 5.75. The monoisotopic (exact) mass is 649 g/mol. The summed E-state index contributed by atoms with van der Waals surface area (Å²) in [6, 6.07) is 20.5. The van der Waals surface area contributed by atoms with Crippen molar-refractivity contribution in [1.29, 1.82) is 5.26 Å². The molecule has 244 valence electrons. The van der Waals surface area contributed by atoms with Gasteiger partial charge in [0.25, 0.3) is 0 Å². The summed E-state index contributed by atoms with van der Waals surface area (Å²) >= 11 is 0. The number of hydrogen-bond acceptors (Lipinski definition) is 6. The minimum absolute atomic E-state index is 0.0436. The zero-order chi connectivity index (χ0) is 34.2. The van der Waals surface area contributed by atoms with Gasteiger partial charge in [0.05, 0.1) is 40.0 Å². The number of rotatable bonds is 9. The SMILES string of the molecule is CC(C)(C)C(=O)N1CCC1Cn1c(Cc2ccc(-c3cccc(OCc4ccc(C#N)cc4F)n3)cc2F)nc2ccc(C(=O)O)cc21. The number of halogens is 2. The van der Waals surface area contributed by atoms with Crippen LogP contribution in [0.25, 0.3) is 22.3 Å². The molecule has 1 atom stereocenters. The number of carboxylic acids is 1. The Balaban J connectivity index is 1.24. The number of amides is 1. The number of nitriles is 1. The van der Waals surface area contributed by atoms with Gasteiger partial charge in [-0.05, 0) is 54.4 Å². The van der Waals surface area contributed by atoms with E-state index in [1.807, 2.05) is 36.3 Å². The van der Waals surface area contributed by atoms with Gasteiger partial charge in [0.2, 0.25) is 11.8 Å². The second-order valence-corrected chi connectivity index (χ2v) is 12.9. The zero-order valence-corrected chi connectivity index (χ0v) is 26.7. The molecule has 0 bridgehead atoms. The van der Waals surface area contributed by atoms with Gasteiger partial charge in [0, 0.05) is 42.1 Å². The van der Waals surface area contributed by atoms with Crippen molar-refractivity contribution in [3.8, 4) is 23.2 Å². The highest BCUT2D eigenvalue weighted by atomic mass is 19.1. The van der Waals surface area contributed by atoms with Crippen molar-refractivity contribution in [3.05, 3.63) is 113 Å². The molecule has 9 nitrogen and oxygen atoms in total. The molecule has 6 rings (SSSR count). The van der Waals surface area contributed by atoms with E-state index in [2.05, 4.69) is 4.98 Å². The number of fused-ring (bicyclic) bond motifs is 1. The predicted octanol–water partition coefficient (Wildman–Crippen LogP) is 6.76. The quantitative estimate of drug-likeness (QED) is 0.187. The highest BCUT2D eigenvalue weighted by molar-refractivity contribution is 5.92. The Kier molecular flexibility index (Phi) is 8.67. The van der Waals surface area contributed by atoms with Gasteiger partial charge in [-0.15, -0.1) is 0 Å². The Hall–Kier alpha value is -5.63. The van der Waals surface area contributed by atoms with E-state index >= 15 is 4.39 Å². The molecule has 11 heteroatoms. The number of aromatic nitrogens is 3. The molecule has 2 aromatic heterocycles. The van der Waals surface area contributed by atoms with Gasteiger partial charge in [0.15, 0.2) is 0 Å². The highest BCUT2D eigenvalue weighted by Crippen LogP contribution is 2.30. The third kappa shape index (κ3) is 6.60. The normalized spacial score (nSPS) is 14.4. The van der Waals surface area contributed by atoms with E-state index in [0.717, 1.165) is 12.5 Å². The molecule has 1 unspecified atom stereocenters. The van der Waals surface area contributed by atoms with Crippen LogP contribution in [0.2, 0.25) is 0 Å². The fraction of sp³-hybridized carbons (Fsp3) is 0.270. The van der Waals surface area contributed by atoms with Gasteiger partial charge in [-0.1, -0.05) is 45.0 Å². The van der Waals surface area contributed by atoms with E-state index in [0.29, 0.717) is 46.8 Å². The number of carbonyl (C=O) groups is 2. The average molecular weight is 650 g/mol. The smallest absolute Gasteiger partial charge is 0.335 e. The Morgan fingerprint density at radius 1 is 1.00 bits per heavy atom. The van der Waals surface area contributed by atoms with Gasteiger partial charge < -0.3 is 19.3 Å². The molecule has 0 radical (unpaired) electrons. The Bertz CT molecular complexity index is 2100. The maximum Gasteiger partial charge on any atom is 0.335 e. The molecule has 1 fully saturated rings. The minimum atomic E-state index is -1.06. The summed E-state index contributed by atoms with van der Waals surface area (Å²) in [6.45, 7) is 6.59. The second kappa shape index (κ2) is 12.9. The molecule has 1 saturated heterocycles. The number of aromatic carboxylic acids is 1. The number of carboxylic acid groups (broad SMARTS) is 1. The number of carbonyl (C=O) groups excluding carboxylic acids is 1. The summed E-state index contributed by atoms with van der Waals surface area (Å²) in [5, 5.41) is 18.6. The minimum Gasteiger partial charge on any atom is -0.478 e. The van der Waals surface area contributed by atoms with Crippen molar-refractivity contribution in [2.45, 2.75) is 52.8 Å². The number of pyridine rings is 1. The first-order valence-corrected chi connectivity index (χ1v) is 15.5. The Morgan fingerprint density at radius 2 is 1.77 bits per heavy atom.